The Kier molecular flexibility index (Phi) is 3.37. The van der Waals surface area contributed by atoms with Crippen LogP contribution in [0, 0.1) is 0 Å². The van der Waals surface area contributed by atoms with E-state index in [4.69, 9.17) is 4.74 Å². The predicted molar refractivity (Wildman–Crippen MR) is 69.9 cm³/mol. The molecule has 0 spiro atoms. The average molecular weight is 278 g/mol. The van der Waals surface area contributed by atoms with Crippen molar-refractivity contribution in [1.82, 2.24) is 0 Å². The summed E-state index contributed by atoms with van der Waals surface area (Å²) in [5.41, 5.74) is 0. The number of sulfone groups is 1. The lowest BCUT2D eigenvalue weighted by atomic mass is 9.85. The zero-order valence-corrected chi connectivity index (χ0v) is 13.1. The van der Waals surface area contributed by atoms with Crippen LogP contribution < -0.4 is 0 Å². The average Bonchev–Trinajstić information content (AvgIpc) is 2.14. The van der Waals surface area contributed by atoms with Crippen LogP contribution in [-0.2, 0) is 19.4 Å². The van der Waals surface area contributed by atoms with Crippen molar-refractivity contribution in [3.05, 3.63) is 0 Å². The van der Waals surface area contributed by atoms with Crippen LogP contribution >= 0.6 is 0 Å². The Morgan fingerprint density at radius 1 is 1.22 bits per heavy atom. The molecule has 1 aliphatic heterocycles. The van der Waals surface area contributed by atoms with Gasteiger partial charge < -0.3 is 9.22 Å². The summed E-state index contributed by atoms with van der Waals surface area (Å²) in [7, 11) is 2.16. The molecule has 0 aromatic rings. The Bertz CT molecular complexity index is 461. The number of nitrogens with zero attached hydrogens (tertiary/aromatic N) is 1. The van der Waals surface area contributed by atoms with Crippen LogP contribution in [-0.4, -0.2) is 62.2 Å². The van der Waals surface area contributed by atoms with Crippen LogP contribution in [0.15, 0.2) is 0 Å². The molecule has 0 unspecified atom stereocenters. The molecule has 0 aromatic carbocycles. The molecule has 1 fully saturated rings. The van der Waals surface area contributed by atoms with E-state index in [-0.39, 0.29) is 12.6 Å². The largest absolute Gasteiger partial charge is 0.465 e. The van der Waals surface area contributed by atoms with Crippen molar-refractivity contribution in [2.75, 3.05) is 27.7 Å². The Labute approximate surface area is 110 Å². The second-order valence-electron chi connectivity index (χ2n) is 6.45. The van der Waals surface area contributed by atoms with E-state index in [0.717, 1.165) is 0 Å². The highest BCUT2D eigenvalue weighted by Crippen LogP contribution is 2.52. The van der Waals surface area contributed by atoms with E-state index in [1.54, 1.807) is 20.8 Å². The molecule has 0 aliphatic carbocycles. The van der Waals surface area contributed by atoms with Crippen molar-refractivity contribution in [2.24, 2.45) is 0 Å². The molecule has 1 aliphatic rings. The standard InChI is InChI=1S/C12H24NO4S/c1-8-17-10(14)12(4)9(13(5,6)7)11(2,3)18(12,15)16/h9H,8H2,1-7H3/q+1/t9-,12-/m0/s1. The number of esters is 1. The summed E-state index contributed by atoms with van der Waals surface area (Å²) >= 11 is 0. The van der Waals surface area contributed by atoms with E-state index < -0.39 is 25.3 Å². The number of carbonyl (C=O) groups excluding carboxylic acids is 1. The summed E-state index contributed by atoms with van der Waals surface area (Å²) < 4.78 is 27.9. The number of carbonyl (C=O) groups is 1. The van der Waals surface area contributed by atoms with E-state index in [1.807, 2.05) is 21.1 Å². The summed E-state index contributed by atoms with van der Waals surface area (Å²) in [5.74, 6) is -0.637. The second-order valence-corrected chi connectivity index (χ2v) is 9.36. The number of hydrogen-bond donors (Lipinski definition) is 0. The fraction of sp³-hybridized carbons (Fsp3) is 0.917. The molecular formula is C12H24NO4S+. The van der Waals surface area contributed by atoms with Crippen molar-refractivity contribution in [1.29, 1.82) is 0 Å². The van der Waals surface area contributed by atoms with Gasteiger partial charge in [-0.15, -0.1) is 0 Å². The van der Waals surface area contributed by atoms with Crippen molar-refractivity contribution >= 4 is 15.8 Å². The summed E-state index contributed by atoms with van der Waals surface area (Å²) in [6.45, 7) is 6.71. The molecule has 18 heavy (non-hydrogen) atoms. The van der Waals surface area contributed by atoms with E-state index in [1.165, 1.54) is 6.92 Å². The molecule has 6 heteroatoms. The summed E-state index contributed by atoms with van der Waals surface area (Å²) in [4.78, 5) is 12.1. The van der Waals surface area contributed by atoms with Gasteiger partial charge in [-0.25, -0.2) is 8.42 Å². The first-order valence-corrected chi connectivity index (χ1v) is 7.56. The molecule has 0 N–H and O–H groups in total. The first-order valence-electron chi connectivity index (χ1n) is 6.07. The molecule has 0 radical (unpaired) electrons. The van der Waals surface area contributed by atoms with Crippen molar-refractivity contribution in [3.63, 3.8) is 0 Å². The van der Waals surface area contributed by atoms with Gasteiger partial charge in [-0.2, -0.15) is 0 Å². The van der Waals surface area contributed by atoms with E-state index >= 15 is 0 Å². The third-order valence-electron chi connectivity index (χ3n) is 3.89. The second kappa shape index (κ2) is 3.93. The maximum absolute atomic E-state index is 12.5. The first-order chi connectivity index (χ1) is 7.85. The minimum atomic E-state index is -3.54. The SMILES string of the molecule is CCOC(=O)[C@]1(C)[C@@H]([N+](C)(C)C)C(C)(C)S1(=O)=O. The zero-order chi connectivity index (χ0) is 14.6. The minimum Gasteiger partial charge on any atom is -0.465 e. The van der Waals surface area contributed by atoms with Gasteiger partial charge in [0.2, 0.25) is 4.75 Å². The molecular weight excluding hydrogens is 254 g/mol. The predicted octanol–water partition coefficient (Wildman–Crippen LogP) is 0.590. The molecule has 1 rings (SSSR count). The van der Waals surface area contributed by atoms with E-state index in [9.17, 15) is 13.2 Å². The van der Waals surface area contributed by atoms with Crippen LogP contribution in [0.5, 0.6) is 0 Å². The van der Waals surface area contributed by atoms with Gasteiger partial charge in [0, 0.05) is 0 Å². The fourth-order valence-electron chi connectivity index (χ4n) is 3.61. The smallest absolute Gasteiger partial charge is 0.333 e. The molecule has 0 saturated carbocycles. The van der Waals surface area contributed by atoms with Gasteiger partial charge >= 0.3 is 5.97 Å². The molecule has 0 amide bonds. The molecule has 0 bridgehead atoms. The van der Waals surface area contributed by atoms with Crippen LogP contribution in [0.25, 0.3) is 0 Å². The minimum absolute atomic E-state index is 0.189. The third kappa shape index (κ3) is 1.61. The number of quaternary nitrogens is 1. The van der Waals surface area contributed by atoms with Gasteiger partial charge in [0.1, 0.15) is 10.8 Å². The van der Waals surface area contributed by atoms with Crippen molar-refractivity contribution in [2.45, 2.75) is 43.2 Å². The number of rotatable bonds is 3. The van der Waals surface area contributed by atoms with Crippen molar-refractivity contribution < 1.29 is 22.4 Å². The molecule has 106 valence electrons. The van der Waals surface area contributed by atoms with Gasteiger partial charge in [0.05, 0.1) is 27.7 Å². The molecule has 5 nitrogen and oxygen atoms in total. The van der Waals surface area contributed by atoms with Gasteiger partial charge in [0.15, 0.2) is 9.84 Å². The number of hydrogen-bond acceptors (Lipinski definition) is 4. The Balaban J connectivity index is 3.37. The Morgan fingerprint density at radius 3 is 2.00 bits per heavy atom. The normalized spacial score (nSPS) is 33.6. The Hall–Kier alpha value is -0.620. The number of ether oxygens (including phenoxy) is 1. The molecule has 1 saturated heterocycles. The summed E-state index contributed by atoms with van der Waals surface area (Å²) in [5, 5.41) is 0. The molecule has 2 atom stereocenters. The first kappa shape index (κ1) is 15.4. The topological polar surface area (TPSA) is 60.4 Å². The maximum Gasteiger partial charge on any atom is 0.333 e. The monoisotopic (exact) mass is 278 g/mol. The zero-order valence-electron chi connectivity index (χ0n) is 12.3. The highest BCUT2D eigenvalue weighted by molar-refractivity contribution is 7.96. The highest BCUT2D eigenvalue weighted by Gasteiger charge is 2.79. The highest BCUT2D eigenvalue weighted by atomic mass is 32.2. The van der Waals surface area contributed by atoms with Gasteiger partial charge in [0.25, 0.3) is 0 Å². The summed E-state index contributed by atoms with van der Waals surface area (Å²) in [6.07, 6.45) is 0. The summed E-state index contributed by atoms with van der Waals surface area (Å²) in [6, 6.07) is -0.325. The van der Waals surface area contributed by atoms with Gasteiger partial charge in [-0.05, 0) is 27.7 Å². The van der Waals surface area contributed by atoms with Crippen molar-refractivity contribution in [3.8, 4) is 0 Å². The van der Waals surface area contributed by atoms with Crippen LogP contribution in [0.4, 0.5) is 0 Å². The molecule has 0 aromatic heterocycles. The van der Waals surface area contributed by atoms with Gasteiger partial charge in [-0.1, -0.05) is 0 Å². The lowest BCUT2D eigenvalue weighted by Crippen LogP contribution is -2.84. The quantitative estimate of drug-likeness (QED) is 0.560. The molecule has 1 heterocycles. The van der Waals surface area contributed by atoms with E-state index in [2.05, 4.69) is 0 Å². The lowest BCUT2D eigenvalue weighted by Gasteiger charge is -2.59. The Morgan fingerprint density at radius 2 is 1.67 bits per heavy atom. The van der Waals surface area contributed by atoms with Gasteiger partial charge in [-0.3, -0.25) is 4.79 Å². The van der Waals surface area contributed by atoms with Crippen LogP contribution in [0.3, 0.4) is 0 Å². The lowest BCUT2D eigenvalue weighted by molar-refractivity contribution is -0.901. The van der Waals surface area contributed by atoms with Crippen LogP contribution in [0.1, 0.15) is 27.7 Å². The van der Waals surface area contributed by atoms with E-state index in [0.29, 0.717) is 4.48 Å². The van der Waals surface area contributed by atoms with Crippen LogP contribution in [0.2, 0.25) is 0 Å². The maximum atomic E-state index is 12.5. The third-order valence-corrected chi connectivity index (χ3v) is 7.00. The fourth-order valence-corrected chi connectivity index (χ4v) is 6.55.